The number of esters is 1. The number of rotatable bonds is 9. The second kappa shape index (κ2) is 11.3. The molecule has 1 unspecified atom stereocenters. The summed E-state index contributed by atoms with van der Waals surface area (Å²) in [5.74, 6) is 0.770. The fraction of sp³-hybridized carbons (Fsp3) is 0.882. The van der Waals surface area contributed by atoms with Gasteiger partial charge in [0.15, 0.2) is 5.96 Å². The summed E-state index contributed by atoms with van der Waals surface area (Å²) in [4.78, 5) is 15.7. The summed E-state index contributed by atoms with van der Waals surface area (Å²) in [6, 6.07) is 0.431. The molecule has 130 valence electrons. The molecule has 0 saturated carbocycles. The Morgan fingerprint density at radius 2 is 1.82 bits per heavy atom. The highest BCUT2D eigenvalue weighted by Crippen LogP contribution is 2.10. The van der Waals surface area contributed by atoms with Crippen molar-refractivity contribution in [2.45, 2.75) is 84.8 Å². The van der Waals surface area contributed by atoms with E-state index < -0.39 is 0 Å². The number of guanidine groups is 1. The first-order valence-corrected chi connectivity index (χ1v) is 8.47. The van der Waals surface area contributed by atoms with Crippen LogP contribution in [-0.2, 0) is 9.53 Å². The van der Waals surface area contributed by atoms with Crippen LogP contribution in [0.5, 0.6) is 0 Å². The molecule has 0 saturated heterocycles. The number of unbranched alkanes of at least 4 members (excludes halogenated alkanes) is 3. The smallest absolute Gasteiger partial charge is 0.306 e. The molecule has 0 aliphatic carbocycles. The number of nitrogens with one attached hydrogen (secondary N) is 2. The number of ether oxygens (including phenoxy) is 1. The number of hydrogen-bond donors (Lipinski definition) is 2. The van der Waals surface area contributed by atoms with Gasteiger partial charge in [0.05, 0.1) is 0 Å². The van der Waals surface area contributed by atoms with Gasteiger partial charge in [-0.25, -0.2) is 0 Å². The predicted octanol–water partition coefficient (Wildman–Crippen LogP) is 3.24. The van der Waals surface area contributed by atoms with E-state index in [1.807, 2.05) is 20.8 Å². The SMILES string of the molecule is CCC(C)NC(=NC)NCCCCCCC(=O)OC(C)(C)C. The first kappa shape index (κ1) is 20.7. The van der Waals surface area contributed by atoms with Gasteiger partial charge in [-0.15, -0.1) is 0 Å². The number of aliphatic imine (C=N–C) groups is 1. The van der Waals surface area contributed by atoms with Crippen molar-refractivity contribution < 1.29 is 9.53 Å². The summed E-state index contributed by atoms with van der Waals surface area (Å²) in [6.45, 7) is 10.9. The van der Waals surface area contributed by atoms with Gasteiger partial charge >= 0.3 is 5.97 Å². The van der Waals surface area contributed by atoms with Crippen molar-refractivity contribution in [1.29, 1.82) is 0 Å². The normalized spacial score (nSPS) is 13.6. The van der Waals surface area contributed by atoms with Crippen molar-refractivity contribution in [3.05, 3.63) is 0 Å². The van der Waals surface area contributed by atoms with Gasteiger partial charge in [0, 0.05) is 26.1 Å². The Hall–Kier alpha value is -1.26. The van der Waals surface area contributed by atoms with Gasteiger partial charge in [-0.1, -0.05) is 19.8 Å². The van der Waals surface area contributed by atoms with Crippen molar-refractivity contribution >= 4 is 11.9 Å². The van der Waals surface area contributed by atoms with Crippen LogP contribution in [0.4, 0.5) is 0 Å². The molecule has 5 nitrogen and oxygen atoms in total. The summed E-state index contributed by atoms with van der Waals surface area (Å²) in [7, 11) is 1.79. The third-order valence-corrected chi connectivity index (χ3v) is 3.24. The van der Waals surface area contributed by atoms with Gasteiger partial charge in [0.2, 0.25) is 0 Å². The van der Waals surface area contributed by atoms with Crippen LogP contribution in [0.15, 0.2) is 4.99 Å². The fourth-order valence-electron chi connectivity index (χ4n) is 1.88. The lowest BCUT2D eigenvalue weighted by Crippen LogP contribution is -2.42. The summed E-state index contributed by atoms with van der Waals surface area (Å²) >= 11 is 0. The van der Waals surface area contributed by atoms with Gasteiger partial charge in [0.1, 0.15) is 5.60 Å². The van der Waals surface area contributed by atoms with E-state index in [2.05, 4.69) is 29.5 Å². The van der Waals surface area contributed by atoms with Crippen LogP contribution in [0.2, 0.25) is 0 Å². The Labute approximate surface area is 136 Å². The van der Waals surface area contributed by atoms with E-state index in [0.29, 0.717) is 12.5 Å². The summed E-state index contributed by atoms with van der Waals surface area (Å²) < 4.78 is 5.28. The van der Waals surface area contributed by atoms with Crippen LogP contribution >= 0.6 is 0 Å². The summed E-state index contributed by atoms with van der Waals surface area (Å²) in [6.07, 6.45) is 5.73. The maximum atomic E-state index is 11.5. The molecule has 0 rings (SSSR count). The molecule has 0 bridgehead atoms. The van der Waals surface area contributed by atoms with E-state index in [1.165, 1.54) is 0 Å². The summed E-state index contributed by atoms with van der Waals surface area (Å²) in [5, 5.41) is 6.65. The molecule has 2 N–H and O–H groups in total. The topological polar surface area (TPSA) is 62.7 Å². The Kier molecular flexibility index (Phi) is 10.7. The highest BCUT2D eigenvalue weighted by atomic mass is 16.6. The van der Waals surface area contributed by atoms with Crippen LogP contribution in [0.1, 0.15) is 73.1 Å². The maximum Gasteiger partial charge on any atom is 0.306 e. The highest BCUT2D eigenvalue weighted by molar-refractivity contribution is 5.79. The van der Waals surface area contributed by atoms with Crippen LogP contribution in [0.25, 0.3) is 0 Å². The van der Waals surface area contributed by atoms with Crippen molar-refractivity contribution in [3.63, 3.8) is 0 Å². The maximum absolute atomic E-state index is 11.5. The van der Waals surface area contributed by atoms with Crippen molar-refractivity contribution in [2.75, 3.05) is 13.6 Å². The molecule has 22 heavy (non-hydrogen) atoms. The average Bonchev–Trinajstić information content (AvgIpc) is 2.42. The first-order chi connectivity index (χ1) is 10.3. The van der Waals surface area contributed by atoms with E-state index in [9.17, 15) is 4.79 Å². The molecule has 0 heterocycles. The molecule has 0 radical (unpaired) electrons. The predicted molar refractivity (Wildman–Crippen MR) is 93.2 cm³/mol. The molecule has 0 fully saturated rings. The third kappa shape index (κ3) is 12.5. The average molecular weight is 313 g/mol. The molecular formula is C17H35N3O2. The Bertz CT molecular complexity index is 335. The van der Waals surface area contributed by atoms with Gasteiger partial charge in [-0.2, -0.15) is 0 Å². The zero-order valence-corrected chi connectivity index (χ0v) is 15.3. The van der Waals surface area contributed by atoms with E-state index >= 15 is 0 Å². The Morgan fingerprint density at radius 1 is 1.18 bits per heavy atom. The molecule has 0 aromatic rings. The van der Waals surface area contributed by atoms with Crippen molar-refractivity contribution in [3.8, 4) is 0 Å². The number of nitrogens with zero attached hydrogens (tertiary/aromatic N) is 1. The minimum absolute atomic E-state index is 0.0937. The second-order valence-corrected chi connectivity index (χ2v) is 6.70. The summed E-state index contributed by atoms with van der Waals surface area (Å²) in [5.41, 5.74) is -0.375. The molecule has 0 amide bonds. The van der Waals surface area contributed by atoms with Crippen LogP contribution < -0.4 is 10.6 Å². The monoisotopic (exact) mass is 313 g/mol. The van der Waals surface area contributed by atoms with E-state index in [1.54, 1.807) is 7.05 Å². The van der Waals surface area contributed by atoms with E-state index in [4.69, 9.17) is 4.74 Å². The van der Waals surface area contributed by atoms with E-state index in [-0.39, 0.29) is 11.6 Å². The highest BCUT2D eigenvalue weighted by Gasteiger charge is 2.15. The molecular weight excluding hydrogens is 278 g/mol. The van der Waals surface area contributed by atoms with Crippen LogP contribution in [0, 0.1) is 0 Å². The van der Waals surface area contributed by atoms with Crippen molar-refractivity contribution in [1.82, 2.24) is 10.6 Å². The molecule has 0 aromatic carbocycles. The minimum Gasteiger partial charge on any atom is -0.460 e. The zero-order valence-electron chi connectivity index (χ0n) is 15.3. The van der Waals surface area contributed by atoms with Crippen molar-refractivity contribution in [2.24, 2.45) is 4.99 Å². The lowest BCUT2D eigenvalue weighted by molar-refractivity contribution is -0.154. The molecule has 0 aliphatic rings. The Morgan fingerprint density at radius 3 is 2.36 bits per heavy atom. The third-order valence-electron chi connectivity index (χ3n) is 3.24. The van der Waals surface area contributed by atoms with Gasteiger partial charge in [0.25, 0.3) is 0 Å². The minimum atomic E-state index is -0.375. The second-order valence-electron chi connectivity index (χ2n) is 6.70. The number of carbonyl (C=O) groups is 1. The molecule has 5 heteroatoms. The van der Waals surface area contributed by atoms with Crippen LogP contribution in [-0.4, -0.2) is 37.2 Å². The lowest BCUT2D eigenvalue weighted by atomic mass is 10.1. The molecule has 1 atom stereocenters. The van der Waals surface area contributed by atoms with E-state index in [0.717, 1.165) is 44.6 Å². The number of carbonyl (C=O) groups excluding carboxylic acids is 1. The van der Waals surface area contributed by atoms with Crippen LogP contribution in [0.3, 0.4) is 0 Å². The fourth-order valence-corrected chi connectivity index (χ4v) is 1.88. The first-order valence-electron chi connectivity index (χ1n) is 8.47. The zero-order chi connectivity index (χ0) is 17.0. The molecule has 0 aromatic heterocycles. The standard InChI is InChI=1S/C17H35N3O2/c1-7-14(2)20-16(18-6)19-13-11-9-8-10-12-15(21)22-17(3,4)5/h14H,7-13H2,1-6H3,(H2,18,19,20). The van der Waals surface area contributed by atoms with Gasteiger partial charge in [-0.3, -0.25) is 9.79 Å². The molecule has 0 spiro atoms. The van der Waals surface area contributed by atoms with Gasteiger partial charge < -0.3 is 15.4 Å². The number of hydrogen-bond acceptors (Lipinski definition) is 3. The van der Waals surface area contributed by atoms with Gasteiger partial charge in [-0.05, 0) is 47.0 Å². The largest absolute Gasteiger partial charge is 0.460 e. The quantitative estimate of drug-likeness (QED) is 0.297. The molecule has 0 aliphatic heterocycles. The Balaban J connectivity index is 3.59. The lowest BCUT2D eigenvalue weighted by Gasteiger charge is -2.19.